The van der Waals surface area contributed by atoms with E-state index in [1.807, 2.05) is 14.0 Å². The van der Waals surface area contributed by atoms with Crippen LogP contribution in [0.2, 0.25) is 0 Å². The zero-order chi connectivity index (χ0) is 9.72. The predicted molar refractivity (Wildman–Crippen MR) is 50.7 cm³/mol. The molecule has 0 spiro atoms. The lowest BCUT2D eigenvalue weighted by molar-refractivity contribution is -0.133. The van der Waals surface area contributed by atoms with Crippen molar-refractivity contribution in [1.29, 1.82) is 0 Å². The highest BCUT2D eigenvalue weighted by Crippen LogP contribution is 2.02. The second kappa shape index (κ2) is 5.14. The summed E-state index contributed by atoms with van der Waals surface area (Å²) >= 11 is 0. The zero-order valence-electron chi connectivity index (χ0n) is 8.50. The molecule has 12 heavy (non-hydrogen) atoms. The second-order valence-corrected chi connectivity index (χ2v) is 3.75. The van der Waals surface area contributed by atoms with Gasteiger partial charge in [-0.1, -0.05) is 20.8 Å². The Morgan fingerprint density at radius 1 is 1.42 bits per heavy atom. The van der Waals surface area contributed by atoms with Gasteiger partial charge in [0.1, 0.15) is 0 Å². The molecule has 0 rings (SSSR count). The largest absolute Gasteiger partial charge is 0.345 e. The van der Waals surface area contributed by atoms with Crippen LogP contribution in [-0.2, 0) is 4.79 Å². The third kappa shape index (κ3) is 3.72. The van der Waals surface area contributed by atoms with Gasteiger partial charge >= 0.3 is 0 Å². The van der Waals surface area contributed by atoms with Crippen molar-refractivity contribution in [3.8, 4) is 0 Å². The number of hydrogen-bond donors (Lipinski definition) is 1. The molecule has 0 aliphatic carbocycles. The highest BCUT2D eigenvalue weighted by Gasteiger charge is 2.15. The van der Waals surface area contributed by atoms with Gasteiger partial charge in [-0.05, 0) is 5.92 Å². The lowest BCUT2D eigenvalue weighted by Gasteiger charge is -2.22. The first kappa shape index (κ1) is 11.4. The molecule has 0 aromatic rings. The van der Waals surface area contributed by atoms with Crippen LogP contribution in [0.4, 0.5) is 0 Å². The van der Waals surface area contributed by atoms with Crippen molar-refractivity contribution in [2.24, 2.45) is 17.6 Å². The van der Waals surface area contributed by atoms with E-state index >= 15 is 0 Å². The molecule has 0 radical (unpaired) electrons. The molecule has 3 nitrogen and oxygen atoms in total. The molecule has 2 N–H and O–H groups in total. The van der Waals surface area contributed by atoms with E-state index < -0.39 is 0 Å². The molecule has 0 bridgehead atoms. The van der Waals surface area contributed by atoms with Crippen LogP contribution in [0.1, 0.15) is 20.8 Å². The fourth-order valence-electron chi connectivity index (χ4n) is 1.11. The minimum Gasteiger partial charge on any atom is -0.345 e. The third-order valence-corrected chi connectivity index (χ3v) is 1.79. The molecule has 0 saturated heterocycles. The maximum absolute atomic E-state index is 11.5. The Kier molecular flexibility index (Phi) is 4.90. The van der Waals surface area contributed by atoms with E-state index in [1.54, 1.807) is 4.90 Å². The summed E-state index contributed by atoms with van der Waals surface area (Å²) in [6.07, 6.45) is 0. The number of carbonyl (C=O) groups excluding carboxylic acids is 1. The fourth-order valence-corrected chi connectivity index (χ4v) is 1.11. The monoisotopic (exact) mass is 172 g/mol. The molecule has 0 fully saturated rings. The van der Waals surface area contributed by atoms with Crippen molar-refractivity contribution in [1.82, 2.24) is 4.90 Å². The van der Waals surface area contributed by atoms with Gasteiger partial charge in [0.05, 0.1) is 0 Å². The Hall–Kier alpha value is -0.570. The Morgan fingerprint density at radius 3 is 2.25 bits per heavy atom. The number of nitrogens with two attached hydrogens (primary N) is 1. The van der Waals surface area contributed by atoms with Crippen molar-refractivity contribution in [2.45, 2.75) is 20.8 Å². The Labute approximate surface area is 74.9 Å². The van der Waals surface area contributed by atoms with Gasteiger partial charge in [-0.2, -0.15) is 0 Å². The van der Waals surface area contributed by atoms with Crippen molar-refractivity contribution in [2.75, 3.05) is 20.1 Å². The topological polar surface area (TPSA) is 46.3 Å². The van der Waals surface area contributed by atoms with E-state index in [1.165, 1.54) is 0 Å². The number of amides is 1. The highest BCUT2D eigenvalue weighted by molar-refractivity contribution is 5.78. The van der Waals surface area contributed by atoms with Crippen LogP contribution < -0.4 is 5.73 Å². The quantitative estimate of drug-likeness (QED) is 0.678. The smallest absolute Gasteiger partial charge is 0.226 e. The normalized spacial score (nSPS) is 13.2. The summed E-state index contributed by atoms with van der Waals surface area (Å²) in [5.41, 5.74) is 5.39. The van der Waals surface area contributed by atoms with E-state index in [-0.39, 0.29) is 11.8 Å². The first-order valence-corrected chi connectivity index (χ1v) is 4.44. The van der Waals surface area contributed by atoms with E-state index in [0.717, 1.165) is 6.54 Å². The van der Waals surface area contributed by atoms with Gasteiger partial charge in [0.15, 0.2) is 0 Å². The second-order valence-electron chi connectivity index (χ2n) is 3.75. The van der Waals surface area contributed by atoms with E-state index in [0.29, 0.717) is 12.5 Å². The molecule has 72 valence electrons. The van der Waals surface area contributed by atoms with Crippen LogP contribution in [0.15, 0.2) is 0 Å². The van der Waals surface area contributed by atoms with Gasteiger partial charge in [-0.3, -0.25) is 4.79 Å². The van der Waals surface area contributed by atoms with Gasteiger partial charge < -0.3 is 10.6 Å². The average Bonchev–Trinajstić information content (AvgIpc) is 2.00. The van der Waals surface area contributed by atoms with E-state index in [9.17, 15) is 4.79 Å². The molecule has 0 aliphatic rings. The van der Waals surface area contributed by atoms with Crippen LogP contribution in [-0.4, -0.2) is 30.9 Å². The number of nitrogens with zero attached hydrogens (tertiary/aromatic N) is 1. The van der Waals surface area contributed by atoms with Gasteiger partial charge in [0, 0.05) is 26.1 Å². The van der Waals surface area contributed by atoms with Gasteiger partial charge in [-0.15, -0.1) is 0 Å². The standard InChI is InChI=1S/C9H20N2O/c1-7(2)6-11(4)9(12)8(3)5-10/h7-8H,5-6,10H2,1-4H3. The number of carbonyl (C=O) groups is 1. The van der Waals surface area contributed by atoms with Crippen LogP contribution in [0, 0.1) is 11.8 Å². The maximum Gasteiger partial charge on any atom is 0.226 e. The first-order chi connectivity index (χ1) is 5.49. The lowest BCUT2D eigenvalue weighted by atomic mass is 10.1. The lowest BCUT2D eigenvalue weighted by Crippen LogP contribution is -2.37. The Morgan fingerprint density at radius 2 is 1.92 bits per heavy atom. The molecular formula is C9H20N2O. The summed E-state index contributed by atoms with van der Waals surface area (Å²) in [4.78, 5) is 13.2. The Bertz CT molecular complexity index is 145. The van der Waals surface area contributed by atoms with E-state index in [2.05, 4.69) is 13.8 Å². The van der Waals surface area contributed by atoms with Crippen molar-refractivity contribution < 1.29 is 4.79 Å². The molecular weight excluding hydrogens is 152 g/mol. The molecule has 1 atom stereocenters. The number of hydrogen-bond acceptors (Lipinski definition) is 2. The minimum absolute atomic E-state index is 0.0475. The van der Waals surface area contributed by atoms with Gasteiger partial charge in [-0.25, -0.2) is 0 Å². The summed E-state index contributed by atoms with van der Waals surface area (Å²) in [6, 6.07) is 0. The van der Waals surface area contributed by atoms with Crippen LogP contribution in [0.5, 0.6) is 0 Å². The van der Waals surface area contributed by atoms with Gasteiger partial charge in [0.2, 0.25) is 5.91 Å². The molecule has 3 heteroatoms. The predicted octanol–water partition coefficient (Wildman–Crippen LogP) is 0.696. The highest BCUT2D eigenvalue weighted by atomic mass is 16.2. The van der Waals surface area contributed by atoms with Crippen molar-refractivity contribution in [3.05, 3.63) is 0 Å². The Balaban J connectivity index is 3.92. The molecule has 0 saturated carbocycles. The summed E-state index contributed by atoms with van der Waals surface area (Å²) < 4.78 is 0. The molecule has 1 amide bonds. The SMILES string of the molecule is CC(C)CN(C)C(=O)C(C)CN. The minimum atomic E-state index is -0.0475. The maximum atomic E-state index is 11.5. The van der Waals surface area contributed by atoms with Crippen LogP contribution >= 0.6 is 0 Å². The van der Waals surface area contributed by atoms with E-state index in [4.69, 9.17) is 5.73 Å². The molecule has 0 aliphatic heterocycles. The molecule has 0 aromatic heterocycles. The van der Waals surface area contributed by atoms with Crippen molar-refractivity contribution >= 4 is 5.91 Å². The van der Waals surface area contributed by atoms with Gasteiger partial charge in [0.25, 0.3) is 0 Å². The molecule has 1 unspecified atom stereocenters. The summed E-state index contributed by atoms with van der Waals surface area (Å²) in [5.74, 6) is 0.615. The average molecular weight is 172 g/mol. The van der Waals surface area contributed by atoms with Crippen LogP contribution in [0.3, 0.4) is 0 Å². The fraction of sp³-hybridized carbons (Fsp3) is 0.889. The summed E-state index contributed by atoms with van der Waals surface area (Å²) in [7, 11) is 1.83. The zero-order valence-corrected chi connectivity index (χ0v) is 8.50. The van der Waals surface area contributed by atoms with Crippen LogP contribution in [0.25, 0.3) is 0 Å². The third-order valence-electron chi connectivity index (χ3n) is 1.79. The first-order valence-electron chi connectivity index (χ1n) is 4.44. The van der Waals surface area contributed by atoms with Crippen molar-refractivity contribution in [3.63, 3.8) is 0 Å². The molecule has 0 aromatic carbocycles. The molecule has 0 heterocycles. The summed E-state index contributed by atoms with van der Waals surface area (Å²) in [5, 5.41) is 0. The summed E-state index contributed by atoms with van der Waals surface area (Å²) in [6.45, 7) is 7.29. The number of rotatable bonds is 4.